The van der Waals surface area contributed by atoms with E-state index in [0.29, 0.717) is 0 Å². The fourth-order valence-electron chi connectivity index (χ4n) is 1.30. The number of aromatic nitrogens is 1. The summed E-state index contributed by atoms with van der Waals surface area (Å²) in [5.74, 6) is 1.11. The predicted octanol–water partition coefficient (Wildman–Crippen LogP) is 1.55. The highest BCUT2D eigenvalue weighted by molar-refractivity contribution is 5.15. The van der Waals surface area contributed by atoms with Gasteiger partial charge in [0.15, 0.2) is 0 Å². The molecule has 0 saturated carbocycles. The Labute approximate surface area is 53.9 Å². The largest absolute Gasteiger partial charge is 0.361 e. The van der Waals surface area contributed by atoms with Gasteiger partial charge in [-0.05, 0) is 19.3 Å². The molecule has 0 N–H and O–H groups in total. The molecule has 0 saturated heterocycles. The molecule has 2 heteroatoms. The zero-order chi connectivity index (χ0) is 6.10. The van der Waals surface area contributed by atoms with Crippen molar-refractivity contribution in [3.05, 3.63) is 17.5 Å². The molecular formula is C7H9NO. The molecule has 0 aromatic carbocycles. The second-order valence-electron chi connectivity index (χ2n) is 2.48. The molecule has 2 nitrogen and oxygen atoms in total. The smallest absolute Gasteiger partial charge is 0.139 e. The quantitative estimate of drug-likeness (QED) is 0.523. The van der Waals surface area contributed by atoms with Crippen molar-refractivity contribution in [1.82, 2.24) is 5.16 Å². The summed E-state index contributed by atoms with van der Waals surface area (Å²) in [7, 11) is 0. The molecule has 1 aromatic rings. The Morgan fingerprint density at radius 3 is 3.11 bits per heavy atom. The van der Waals surface area contributed by atoms with E-state index in [9.17, 15) is 0 Å². The van der Waals surface area contributed by atoms with Gasteiger partial charge in [-0.3, -0.25) is 0 Å². The molecule has 0 radical (unpaired) electrons. The Hall–Kier alpha value is -0.790. The van der Waals surface area contributed by atoms with E-state index in [4.69, 9.17) is 4.52 Å². The molecule has 0 aliphatic heterocycles. The minimum absolute atomic E-state index is 1.09. The van der Waals surface area contributed by atoms with Crippen molar-refractivity contribution in [3.8, 4) is 0 Å². The molecule has 1 aliphatic carbocycles. The Morgan fingerprint density at radius 2 is 2.22 bits per heavy atom. The Kier molecular flexibility index (Phi) is 1.04. The standard InChI is InChI=1S/C7H9NO/c1-2-4-7-6(3-1)5-8-9-7/h5H,1-4H2. The van der Waals surface area contributed by atoms with Gasteiger partial charge in [-0.25, -0.2) is 0 Å². The van der Waals surface area contributed by atoms with Crippen LogP contribution >= 0.6 is 0 Å². The first kappa shape index (κ1) is 5.03. The van der Waals surface area contributed by atoms with E-state index in [1.807, 2.05) is 6.20 Å². The number of nitrogens with zero attached hydrogens (tertiary/aromatic N) is 1. The summed E-state index contributed by atoms with van der Waals surface area (Å²) in [4.78, 5) is 0. The van der Waals surface area contributed by atoms with Gasteiger partial charge in [-0.15, -0.1) is 0 Å². The average Bonchev–Trinajstić information content (AvgIpc) is 2.33. The maximum Gasteiger partial charge on any atom is 0.139 e. The van der Waals surface area contributed by atoms with E-state index in [1.165, 1.54) is 24.8 Å². The summed E-state index contributed by atoms with van der Waals surface area (Å²) >= 11 is 0. The van der Waals surface area contributed by atoms with Crippen molar-refractivity contribution >= 4 is 0 Å². The van der Waals surface area contributed by atoms with Crippen molar-refractivity contribution < 1.29 is 4.52 Å². The number of aryl methyl sites for hydroxylation is 2. The van der Waals surface area contributed by atoms with E-state index in [1.54, 1.807) is 0 Å². The SMILES string of the molecule is c1noc2c1CCCC2. The highest BCUT2D eigenvalue weighted by atomic mass is 16.5. The van der Waals surface area contributed by atoms with Crippen LogP contribution in [0.2, 0.25) is 0 Å². The molecule has 0 amide bonds. The van der Waals surface area contributed by atoms with Gasteiger partial charge in [0.2, 0.25) is 0 Å². The molecule has 0 spiro atoms. The predicted molar refractivity (Wildman–Crippen MR) is 33.1 cm³/mol. The maximum atomic E-state index is 5.01. The van der Waals surface area contributed by atoms with Gasteiger partial charge in [0.25, 0.3) is 0 Å². The van der Waals surface area contributed by atoms with E-state index in [2.05, 4.69) is 5.16 Å². The summed E-state index contributed by atoms with van der Waals surface area (Å²) in [5, 5.41) is 3.73. The summed E-state index contributed by atoms with van der Waals surface area (Å²) in [6, 6.07) is 0. The molecule has 1 aliphatic rings. The first-order valence-corrected chi connectivity index (χ1v) is 3.39. The van der Waals surface area contributed by atoms with Crippen molar-refractivity contribution in [2.75, 3.05) is 0 Å². The topological polar surface area (TPSA) is 26.0 Å². The van der Waals surface area contributed by atoms with E-state index in [-0.39, 0.29) is 0 Å². The van der Waals surface area contributed by atoms with Gasteiger partial charge in [0, 0.05) is 12.0 Å². The summed E-state index contributed by atoms with van der Waals surface area (Å²) in [6.45, 7) is 0. The maximum absolute atomic E-state index is 5.01. The second kappa shape index (κ2) is 1.87. The Morgan fingerprint density at radius 1 is 1.33 bits per heavy atom. The third kappa shape index (κ3) is 0.745. The molecule has 1 heterocycles. The van der Waals surface area contributed by atoms with E-state index in [0.717, 1.165) is 12.2 Å². The van der Waals surface area contributed by atoms with Crippen LogP contribution in [0, 0.1) is 0 Å². The molecule has 0 fully saturated rings. The lowest BCUT2D eigenvalue weighted by molar-refractivity contribution is 0.372. The first-order valence-electron chi connectivity index (χ1n) is 3.39. The molecule has 0 unspecified atom stereocenters. The molecule has 9 heavy (non-hydrogen) atoms. The van der Waals surface area contributed by atoms with Crippen molar-refractivity contribution in [1.29, 1.82) is 0 Å². The zero-order valence-electron chi connectivity index (χ0n) is 5.26. The molecule has 1 aromatic heterocycles. The summed E-state index contributed by atoms with van der Waals surface area (Å²) < 4.78 is 5.01. The van der Waals surface area contributed by atoms with Crippen LogP contribution < -0.4 is 0 Å². The van der Waals surface area contributed by atoms with Crippen LogP contribution in [0.15, 0.2) is 10.7 Å². The molecule has 2 rings (SSSR count). The molecule has 48 valence electrons. The van der Waals surface area contributed by atoms with Gasteiger partial charge in [0.1, 0.15) is 5.76 Å². The molecule has 0 atom stereocenters. The Balaban J connectivity index is 2.39. The van der Waals surface area contributed by atoms with Crippen molar-refractivity contribution in [3.63, 3.8) is 0 Å². The molecule has 0 bridgehead atoms. The second-order valence-corrected chi connectivity index (χ2v) is 2.48. The number of hydrogen-bond donors (Lipinski definition) is 0. The van der Waals surface area contributed by atoms with Crippen LogP contribution in [0.3, 0.4) is 0 Å². The van der Waals surface area contributed by atoms with E-state index >= 15 is 0 Å². The first-order chi connectivity index (χ1) is 4.47. The van der Waals surface area contributed by atoms with Gasteiger partial charge in [-0.2, -0.15) is 0 Å². The van der Waals surface area contributed by atoms with Gasteiger partial charge >= 0.3 is 0 Å². The molecular weight excluding hydrogens is 114 g/mol. The van der Waals surface area contributed by atoms with Crippen molar-refractivity contribution in [2.24, 2.45) is 0 Å². The fraction of sp³-hybridized carbons (Fsp3) is 0.571. The monoisotopic (exact) mass is 123 g/mol. The van der Waals surface area contributed by atoms with Crippen LogP contribution in [0.5, 0.6) is 0 Å². The summed E-state index contributed by atoms with van der Waals surface area (Å²) in [6.07, 6.45) is 6.67. The number of rotatable bonds is 0. The van der Waals surface area contributed by atoms with Gasteiger partial charge in [-0.1, -0.05) is 5.16 Å². The zero-order valence-corrected chi connectivity index (χ0v) is 5.26. The lowest BCUT2D eigenvalue weighted by atomic mass is 9.99. The van der Waals surface area contributed by atoms with Crippen LogP contribution in [-0.4, -0.2) is 5.16 Å². The fourth-order valence-corrected chi connectivity index (χ4v) is 1.30. The van der Waals surface area contributed by atoms with Crippen LogP contribution in [-0.2, 0) is 12.8 Å². The number of hydrogen-bond acceptors (Lipinski definition) is 2. The summed E-state index contributed by atoms with van der Waals surface area (Å²) in [5.41, 5.74) is 1.32. The Bertz CT molecular complexity index is 184. The van der Waals surface area contributed by atoms with Gasteiger partial charge < -0.3 is 4.52 Å². The van der Waals surface area contributed by atoms with Crippen LogP contribution in [0.25, 0.3) is 0 Å². The van der Waals surface area contributed by atoms with Crippen LogP contribution in [0.4, 0.5) is 0 Å². The third-order valence-corrected chi connectivity index (χ3v) is 1.83. The third-order valence-electron chi connectivity index (χ3n) is 1.83. The minimum Gasteiger partial charge on any atom is -0.361 e. The lowest BCUT2D eigenvalue weighted by Gasteiger charge is -2.05. The number of fused-ring (bicyclic) bond motifs is 1. The van der Waals surface area contributed by atoms with Crippen LogP contribution in [0.1, 0.15) is 24.2 Å². The minimum atomic E-state index is 1.09. The highest BCUT2D eigenvalue weighted by Gasteiger charge is 2.11. The van der Waals surface area contributed by atoms with Crippen molar-refractivity contribution in [2.45, 2.75) is 25.7 Å². The normalized spacial score (nSPS) is 17.3. The van der Waals surface area contributed by atoms with E-state index < -0.39 is 0 Å². The van der Waals surface area contributed by atoms with Gasteiger partial charge in [0.05, 0.1) is 6.20 Å². The average molecular weight is 123 g/mol. The lowest BCUT2D eigenvalue weighted by Crippen LogP contribution is -1.97. The highest BCUT2D eigenvalue weighted by Crippen LogP contribution is 2.19.